The van der Waals surface area contributed by atoms with Gasteiger partial charge in [0.15, 0.2) is 0 Å². The van der Waals surface area contributed by atoms with Crippen LogP contribution in [-0.4, -0.2) is 28.9 Å². The molecule has 1 aromatic carbocycles. The maximum Gasteiger partial charge on any atom is 0.258 e. The highest BCUT2D eigenvalue weighted by Gasteiger charge is 2.24. The van der Waals surface area contributed by atoms with Crippen LogP contribution in [0.4, 0.5) is 5.82 Å². The van der Waals surface area contributed by atoms with E-state index in [4.69, 9.17) is 22.1 Å². The molecule has 1 aromatic heterocycles. The van der Waals surface area contributed by atoms with Crippen molar-refractivity contribution in [3.63, 3.8) is 0 Å². The van der Waals surface area contributed by atoms with Crippen molar-refractivity contribution in [2.45, 2.75) is 6.54 Å². The Morgan fingerprint density at radius 2 is 2.10 bits per heavy atom. The zero-order valence-electron chi connectivity index (χ0n) is 11.3. The smallest absolute Gasteiger partial charge is 0.258 e. The second kappa shape index (κ2) is 5.61. The van der Waals surface area contributed by atoms with Gasteiger partial charge < -0.3 is 15.4 Å². The minimum Gasteiger partial charge on any atom is -0.491 e. The Balaban J connectivity index is 1.89. The minimum absolute atomic E-state index is 0.0941. The van der Waals surface area contributed by atoms with E-state index in [1.165, 1.54) is 0 Å². The minimum atomic E-state index is -0.0941. The van der Waals surface area contributed by atoms with E-state index >= 15 is 0 Å². The molecule has 0 saturated heterocycles. The van der Waals surface area contributed by atoms with Crippen molar-refractivity contribution in [1.82, 2.24) is 9.88 Å². The maximum atomic E-state index is 12.6. The summed E-state index contributed by atoms with van der Waals surface area (Å²) < 4.78 is 5.60. The first kappa shape index (κ1) is 13.7. The molecule has 6 heteroatoms. The number of ether oxygens (including phenoxy) is 1. The van der Waals surface area contributed by atoms with E-state index in [9.17, 15) is 4.79 Å². The van der Waals surface area contributed by atoms with Gasteiger partial charge in [0.25, 0.3) is 5.91 Å². The molecule has 0 atom stereocenters. The zero-order chi connectivity index (χ0) is 14.8. The molecule has 3 rings (SSSR count). The Morgan fingerprint density at radius 3 is 2.95 bits per heavy atom. The number of pyridine rings is 1. The number of nitrogens with two attached hydrogens (primary N) is 1. The lowest BCUT2D eigenvalue weighted by Crippen LogP contribution is -2.32. The van der Waals surface area contributed by atoms with Crippen LogP contribution in [0.3, 0.4) is 0 Å². The van der Waals surface area contributed by atoms with Gasteiger partial charge in [-0.15, -0.1) is 0 Å². The Kier molecular flexibility index (Phi) is 3.66. The van der Waals surface area contributed by atoms with Gasteiger partial charge in [0, 0.05) is 0 Å². The van der Waals surface area contributed by atoms with E-state index in [0.717, 1.165) is 0 Å². The van der Waals surface area contributed by atoms with Gasteiger partial charge in [-0.1, -0.05) is 23.7 Å². The number of aromatic nitrogens is 1. The molecule has 5 nitrogen and oxygen atoms in total. The van der Waals surface area contributed by atoms with Crippen molar-refractivity contribution in [2.75, 3.05) is 18.9 Å². The van der Waals surface area contributed by atoms with Crippen LogP contribution in [0.5, 0.6) is 5.75 Å². The molecule has 2 aromatic rings. The number of para-hydroxylation sites is 1. The fourth-order valence-electron chi connectivity index (χ4n) is 2.25. The summed E-state index contributed by atoms with van der Waals surface area (Å²) in [5, 5.41) is 0.496. The molecule has 0 aliphatic carbocycles. The number of halogens is 1. The number of carbonyl (C=O) groups excluding carboxylic acids is 1. The number of nitrogen functional groups attached to an aromatic ring is 1. The van der Waals surface area contributed by atoms with E-state index in [1.807, 2.05) is 12.1 Å². The number of fused-ring (bicyclic) bond motifs is 1. The summed E-state index contributed by atoms with van der Waals surface area (Å²) in [5.41, 5.74) is 6.82. The molecule has 0 fully saturated rings. The highest BCUT2D eigenvalue weighted by molar-refractivity contribution is 6.31. The molecule has 2 N–H and O–H groups in total. The molecule has 0 radical (unpaired) electrons. The van der Waals surface area contributed by atoms with Crippen LogP contribution in [0.1, 0.15) is 16.1 Å². The first-order chi connectivity index (χ1) is 10.1. The SMILES string of the molecule is Nc1ccc(Cl)c(CN2CCOc3ccccc3C2=O)n1. The van der Waals surface area contributed by atoms with Crippen LogP contribution in [0, 0.1) is 0 Å². The molecule has 1 aliphatic heterocycles. The van der Waals surface area contributed by atoms with Crippen molar-refractivity contribution in [2.24, 2.45) is 0 Å². The number of nitrogens with zero attached hydrogens (tertiary/aromatic N) is 2. The Morgan fingerprint density at radius 1 is 1.29 bits per heavy atom. The molecule has 1 amide bonds. The highest BCUT2D eigenvalue weighted by Crippen LogP contribution is 2.24. The number of hydrogen-bond acceptors (Lipinski definition) is 4. The van der Waals surface area contributed by atoms with Crippen molar-refractivity contribution < 1.29 is 9.53 Å². The fraction of sp³-hybridized carbons (Fsp3) is 0.200. The second-order valence-electron chi connectivity index (χ2n) is 4.74. The third-order valence-corrected chi connectivity index (χ3v) is 3.65. The van der Waals surface area contributed by atoms with Gasteiger partial charge in [-0.05, 0) is 24.3 Å². The van der Waals surface area contributed by atoms with E-state index in [2.05, 4.69) is 4.98 Å². The third kappa shape index (κ3) is 2.78. The van der Waals surface area contributed by atoms with E-state index in [0.29, 0.717) is 47.5 Å². The Hall–Kier alpha value is -2.27. The zero-order valence-corrected chi connectivity index (χ0v) is 12.0. The average Bonchev–Trinajstić information content (AvgIpc) is 2.64. The standard InChI is InChI=1S/C15H14ClN3O2/c16-11-5-6-14(17)18-12(11)9-19-7-8-21-13-4-2-1-3-10(13)15(19)20/h1-6H,7-9H2,(H2,17,18). The van der Waals surface area contributed by atoms with E-state index < -0.39 is 0 Å². The van der Waals surface area contributed by atoms with Gasteiger partial charge in [0.1, 0.15) is 18.2 Å². The number of carbonyl (C=O) groups is 1. The van der Waals surface area contributed by atoms with Crippen LogP contribution in [-0.2, 0) is 6.54 Å². The molecule has 21 heavy (non-hydrogen) atoms. The van der Waals surface area contributed by atoms with Crippen LogP contribution < -0.4 is 10.5 Å². The summed E-state index contributed by atoms with van der Waals surface area (Å²) >= 11 is 6.12. The molecular formula is C15H14ClN3O2. The summed E-state index contributed by atoms with van der Waals surface area (Å²) in [6.07, 6.45) is 0. The lowest BCUT2D eigenvalue weighted by atomic mass is 10.1. The number of benzene rings is 1. The van der Waals surface area contributed by atoms with Gasteiger partial charge in [-0.3, -0.25) is 4.79 Å². The van der Waals surface area contributed by atoms with E-state index in [-0.39, 0.29) is 5.91 Å². The number of hydrogen-bond donors (Lipinski definition) is 1. The Labute approximate surface area is 127 Å². The first-order valence-electron chi connectivity index (χ1n) is 6.57. The summed E-state index contributed by atoms with van der Waals surface area (Å²) in [5.74, 6) is 0.897. The van der Waals surface area contributed by atoms with E-state index in [1.54, 1.807) is 29.2 Å². The third-order valence-electron chi connectivity index (χ3n) is 3.30. The lowest BCUT2D eigenvalue weighted by Gasteiger charge is -2.20. The largest absolute Gasteiger partial charge is 0.491 e. The average molecular weight is 304 g/mol. The van der Waals surface area contributed by atoms with Crippen LogP contribution >= 0.6 is 11.6 Å². The van der Waals surface area contributed by atoms with Gasteiger partial charge in [0.2, 0.25) is 0 Å². The molecule has 1 aliphatic rings. The number of rotatable bonds is 2. The summed E-state index contributed by atoms with van der Waals surface area (Å²) in [4.78, 5) is 18.4. The first-order valence-corrected chi connectivity index (χ1v) is 6.95. The van der Waals surface area contributed by atoms with Crippen LogP contribution in [0.15, 0.2) is 36.4 Å². The number of amides is 1. The monoisotopic (exact) mass is 303 g/mol. The van der Waals surface area contributed by atoms with Crippen LogP contribution in [0.25, 0.3) is 0 Å². The molecule has 0 saturated carbocycles. The van der Waals surface area contributed by atoms with Crippen molar-refractivity contribution in [1.29, 1.82) is 0 Å². The summed E-state index contributed by atoms with van der Waals surface area (Å²) in [6.45, 7) is 1.21. The molecular weight excluding hydrogens is 290 g/mol. The van der Waals surface area contributed by atoms with Crippen molar-refractivity contribution in [3.8, 4) is 5.75 Å². The number of anilines is 1. The topological polar surface area (TPSA) is 68.4 Å². The Bertz CT molecular complexity index is 690. The fourth-order valence-corrected chi connectivity index (χ4v) is 2.42. The second-order valence-corrected chi connectivity index (χ2v) is 5.14. The predicted molar refractivity (Wildman–Crippen MR) is 80.3 cm³/mol. The van der Waals surface area contributed by atoms with Crippen molar-refractivity contribution in [3.05, 3.63) is 52.7 Å². The molecule has 0 unspecified atom stereocenters. The summed E-state index contributed by atoms with van der Waals surface area (Å²) in [7, 11) is 0. The normalized spacial score (nSPS) is 14.3. The lowest BCUT2D eigenvalue weighted by molar-refractivity contribution is 0.0741. The van der Waals surface area contributed by atoms with Gasteiger partial charge in [-0.2, -0.15) is 0 Å². The quantitative estimate of drug-likeness (QED) is 0.924. The molecule has 108 valence electrons. The molecule has 0 spiro atoms. The summed E-state index contributed by atoms with van der Waals surface area (Å²) in [6, 6.07) is 10.5. The van der Waals surface area contributed by atoms with Gasteiger partial charge in [-0.25, -0.2) is 4.98 Å². The van der Waals surface area contributed by atoms with Gasteiger partial charge >= 0.3 is 0 Å². The maximum absolute atomic E-state index is 12.6. The van der Waals surface area contributed by atoms with Gasteiger partial charge in [0.05, 0.1) is 29.4 Å². The van der Waals surface area contributed by atoms with Crippen LogP contribution in [0.2, 0.25) is 5.02 Å². The van der Waals surface area contributed by atoms with Crippen molar-refractivity contribution >= 4 is 23.3 Å². The predicted octanol–water partition coefficient (Wildman–Crippen LogP) is 2.35. The highest BCUT2D eigenvalue weighted by atomic mass is 35.5. The molecule has 2 heterocycles. The molecule has 0 bridgehead atoms.